The number of nitrogens with zero attached hydrogens (tertiary/aromatic N) is 3. The van der Waals surface area contributed by atoms with E-state index in [4.69, 9.17) is 10.5 Å². The molecule has 1 aliphatic heterocycles. The molecule has 4 heterocycles. The Morgan fingerprint density at radius 2 is 2.08 bits per heavy atom. The van der Waals surface area contributed by atoms with Gasteiger partial charge in [0.1, 0.15) is 11.2 Å². The minimum Gasteiger partial charge on any atom is -0.481 e. The van der Waals surface area contributed by atoms with Crippen LogP contribution in [-0.4, -0.2) is 32.7 Å². The lowest BCUT2D eigenvalue weighted by Gasteiger charge is -2.30. The number of hydrogen-bond donors (Lipinski definition) is 3. The number of ether oxygens (including phenoxy) is 1. The number of allylic oxidation sites excluding steroid dienone is 2. The molecule has 4 rings (SSSR count). The van der Waals surface area contributed by atoms with E-state index in [2.05, 4.69) is 31.3 Å². The Hall–Kier alpha value is -3.19. The highest BCUT2D eigenvalue weighted by Crippen LogP contribution is 2.21. The lowest BCUT2D eigenvalue weighted by Crippen LogP contribution is -2.52. The van der Waals surface area contributed by atoms with E-state index in [0.717, 1.165) is 34.3 Å². The molecule has 1 aliphatic rings. The molecule has 132 valence electrons. The summed E-state index contributed by atoms with van der Waals surface area (Å²) in [5, 5.41) is 3.31. The Morgan fingerprint density at radius 1 is 1.19 bits per heavy atom. The average molecular weight is 348 g/mol. The second kappa shape index (κ2) is 6.61. The molecule has 0 saturated heterocycles. The van der Waals surface area contributed by atoms with E-state index in [1.165, 1.54) is 0 Å². The smallest absolute Gasteiger partial charge is 0.212 e. The third-order valence-electron chi connectivity index (χ3n) is 4.40. The monoisotopic (exact) mass is 348 g/mol. The first-order valence-electron chi connectivity index (χ1n) is 8.36. The van der Waals surface area contributed by atoms with Crippen LogP contribution in [0.25, 0.3) is 11.2 Å². The molecule has 0 radical (unpaired) electrons. The van der Waals surface area contributed by atoms with Crippen LogP contribution in [0.3, 0.4) is 0 Å². The number of H-pyrrole nitrogens is 1. The molecule has 1 atom stereocenters. The van der Waals surface area contributed by atoms with E-state index in [-0.39, 0.29) is 0 Å². The first-order valence-corrected chi connectivity index (χ1v) is 8.36. The molecule has 0 amide bonds. The van der Waals surface area contributed by atoms with Crippen molar-refractivity contribution in [2.24, 2.45) is 5.73 Å². The SMILES string of the molecule is COc1ccc(CC2(N)C=CC(Cc3c[nH]c4nccnc34)=CN2)cn1. The van der Waals surface area contributed by atoms with Gasteiger partial charge in [-0.2, -0.15) is 0 Å². The molecule has 0 aromatic carbocycles. The van der Waals surface area contributed by atoms with Gasteiger partial charge in [-0.25, -0.2) is 9.97 Å². The van der Waals surface area contributed by atoms with E-state index in [9.17, 15) is 0 Å². The Morgan fingerprint density at radius 3 is 2.81 bits per heavy atom. The van der Waals surface area contributed by atoms with Crippen LogP contribution in [0.5, 0.6) is 5.88 Å². The van der Waals surface area contributed by atoms with Gasteiger partial charge in [0.15, 0.2) is 5.65 Å². The van der Waals surface area contributed by atoms with Gasteiger partial charge in [0.05, 0.1) is 7.11 Å². The van der Waals surface area contributed by atoms with Crippen LogP contribution in [-0.2, 0) is 12.8 Å². The molecule has 4 N–H and O–H groups in total. The molecule has 0 saturated carbocycles. The molecule has 3 aromatic heterocycles. The molecule has 0 aliphatic carbocycles. The third-order valence-corrected chi connectivity index (χ3v) is 4.40. The summed E-state index contributed by atoms with van der Waals surface area (Å²) < 4.78 is 5.09. The highest BCUT2D eigenvalue weighted by molar-refractivity contribution is 5.75. The van der Waals surface area contributed by atoms with E-state index in [0.29, 0.717) is 12.3 Å². The largest absolute Gasteiger partial charge is 0.481 e. The maximum atomic E-state index is 6.46. The Bertz CT molecular complexity index is 975. The third kappa shape index (κ3) is 3.29. The highest BCUT2D eigenvalue weighted by atomic mass is 16.5. The maximum Gasteiger partial charge on any atom is 0.212 e. The Kier molecular flexibility index (Phi) is 4.14. The summed E-state index contributed by atoms with van der Waals surface area (Å²) in [4.78, 5) is 16.0. The minimum atomic E-state index is -0.639. The molecular weight excluding hydrogens is 328 g/mol. The zero-order chi connectivity index (χ0) is 18.0. The summed E-state index contributed by atoms with van der Waals surface area (Å²) in [6.45, 7) is 0. The molecule has 7 nitrogen and oxygen atoms in total. The Balaban J connectivity index is 1.44. The van der Waals surface area contributed by atoms with E-state index >= 15 is 0 Å². The second-order valence-electron chi connectivity index (χ2n) is 6.37. The Labute approximate surface area is 151 Å². The van der Waals surface area contributed by atoms with Crippen LogP contribution in [0.2, 0.25) is 0 Å². The summed E-state index contributed by atoms with van der Waals surface area (Å²) in [5.41, 5.74) is 10.8. The van der Waals surface area contributed by atoms with Crippen molar-refractivity contribution in [2.45, 2.75) is 18.5 Å². The number of fused-ring (bicyclic) bond motifs is 1. The first kappa shape index (κ1) is 16.3. The lowest BCUT2D eigenvalue weighted by atomic mass is 9.96. The van der Waals surface area contributed by atoms with Crippen LogP contribution in [0.4, 0.5) is 0 Å². The number of aromatic nitrogens is 4. The summed E-state index contributed by atoms with van der Waals surface area (Å²) in [7, 11) is 1.60. The van der Waals surface area contributed by atoms with Gasteiger partial charge in [-0.3, -0.25) is 4.98 Å². The average Bonchev–Trinajstić information content (AvgIpc) is 3.07. The fourth-order valence-corrected chi connectivity index (χ4v) is 3.03. The molecule has 7 heteroatoms. The topological polar surface area (TPSA) is 102 Å². The van der Waals surface area contributed by atoms with Gasteiger partial charge in [-0.15, -0.1) is 0 Å². The fraction of sp³-hybridized carbons (Fsp3) is 0.211. The number of rotatable bonds is 5. The van der Waals surface area contributed by atoms with Crippen molar-refractivity contribution in [1.29, 1.82) is 0 Å². The van der Waals surface area contributed by atoms with Crippen molar-refractivity contribution >= 4 is 11.2 Å². The first-order chi connectivity index (χ1) is 12.6. The molecule has 1 unspecified atom stereocenters. The van der Waals surface area contributed by atoms with Crippen molar-refractivity contribution in [1.82, 2.24) is 25.3 Å². The predicted octanol–water partition coefficient (Wildman–Crippen LogP) is 1.84. The molecule has 3 aromatic rings. The zero-order valence-electron chi connectivity index (χ0n) is 14.4. The number of pyridine rings is 1. The van der Waals surface area contributed by atoms with Gasteiger partial charge in [-0.1, -0.05) is 12.1 Å². The quantitative estimate of drug-likeness (QED) is 0.650. The van der Waals surface area contributed by atoms with Crippen LogP contribution in [0.1, 0.15) is 11.1 Å². The number of aromatic amines is 1. The summed E-state index contributed by atoms with van der Waals surface area (Å²) in [6.07, 6.45) is 14.5. The number of nitrogens with two attached hydrogens (primary N) is 1. The van der Waals surface area contributed by atoms with E-state index < -0.39 is 5.66 Å². The molecule has 0 fully saturated rings. The fourth-order valence-electron chi connectivity index (χ4n) is 3.03. The van der Waals surface area contributed by atoms with Gasteiger partial charge in [-0.05, 0) is 17.2 Å². The summed E-state index contributed by atoms with van der Waals surface area (Å²) in [6, 6.07) is 3.81. The van der Waals surface area contributed by atoms with Crippen molar-refractivity contribution in [3.05, 3.63) is 72.0 Å². The van der Waals surface area contributed by atoms with Crippen molar-refractivity contribution in [3.63, 3.8) is 0 Å². The van der Waals surface area contributed by atoms with Crippen LogP contribution in [0.15, 0.2) is 60.8 Å². The minimum absolute atomic E-state index is 0.593. The van der Waals surface area contributed by atoms with E-state index in [1.807, 2.05) is 30.6 Å². The molecule has 0 bridgehead atoms. The zero-order valence-corrected chi connectivity index (χ0v) is 14.4. The molecule has 26 heavy (non-hydrogen) atoms. The van der Waals surface area contributed by atoms with Gasteiger partial charge in [0, 0.05) is 55.5 Å². The predicted molar refractivity (Wildman–Crippen MR) is 99.4 cm³/mol. The van der Waals surface area contributed by atoms with Gasteiger partial charge >= 0.3 is 0 Å². The summed E-state index contributed by atoms with van der Waals surface area (Å²) in [5.74, 6) is 0.593. The molecule has 0 spiro atoms. The van der Waals surface area contributed by atoms with Gasteiger partial charge in [0.25, 0.3) is 0 Å². The standard InChI is InChI=1S/C19H20N6O/c1-26-16-3-2-14(10-23-16)9-19(20)5-4-13(11-25-19)8-15-12-24-18-17(15)21-6-7-22-18/h2-7,10-12,25H,8-9,20H2,1H3,(H,22,24). The van der Waals surface area contributed by atoms with Crippen LogP contribution < -0.4 is 15.8 Å². The highest BCUT2D eigenvalue weighted by Gasteiger charge is 2.23. The second-order valence-corrected chi connectivity index (χ2v) is 6.37. The maximum absolute atomic E-state index is 6.46. The van der Waals surface area contributed by atoms with Crippen molar-refractivity contribution < 1.29 is 4.74 Å². The number of hydrogen-bond acceptors (Lipinski definition) is 6. The van der Waals surface area contributed by atoms with E-state index in [1.54, 1.807) is 25.7 Å². The molecular formula is C19H20N6O. The lowest BCUT2D eigenvalue weighted by molar-refractivity contribution is 0.396. The van der Waals surface area contributed by atoms with Gasteiger partial charge in [0.2, 0.25) is 5.88 Å². The van der Waals surface area contributed by atoms with Crippen LogP contribution in [0, 0.1) is 0 Å². The number of methoxy groups -OCH3 is 1. The number of dihydropyridines is 1. The van der Waals surface area contributed by atoms with Crippen molar-refractivity contribution in [2.75, 3.05) is 7.11 Å². The summed E-state index contributed by atoms with van der Waals surface area (Å²) >= 11 is 0. The number of nitrogens with one attached hydrogen (secondary N) is 2. The van der Waals surface area contributed by atoms with Crippen LogP contribution >= 0.6 is 0 Å². The normalized spacial score (nSPS) is 19.2. The van der Waals surface area contributed by atoms with Gasteiger partial charge < -0.3 is 20.8 Å². The van der Waals surface area contributed by atoms with Crippen molar-refractivity contribution in [3.8, 4) is 5.88 Å².